The Morgan fingerprint density at radius 2 is 2.00 bits per heavy atom. The van der Waals surface area contributed by atoms with Crippen molar-refractivity contribution in [3.63, 3.8) is 0 Å². The van der Waals surface area contributed by atoms with Crippen molar-refractivity contribution in [2.75, 3.05) is 23.9 Å². The number of rotatable bonds is 4. The van der Waals surface area contributed by atoms with Gasteiger partial charge in [-0.2, -0.15) is 11.8 Å². The van der Waals surface area contributed by atoms with E-state index < -0.39 is 0 Å². The van der Waals surface area contributed by atoms with E-state index in [0.717, 1.165) is 11.6 Å². The summed E-state index contributed by atoms with van der Waals surface area (Å²) in [6.45, 7) is 0. The molecule has 2 rings (SSSR count). The fourth-order valence-corrected chi connectivity index (χ4v) is 3.24. The minimum atomic E-state index is 0.540. The lowest BCUT2D eigenvalue weighted by atomic mass is 9.95. The van der Waals surface area contributed by atoms with Gasteiger partial charge in [0.15, 0.2) is 0 Å². The van der Waals surface area contributed by atoms with Crippen LogP contribution in [-0.4, -0.2) is 34.6 Å². The lowest BCUT2D eigenvalue weighted by molar-refractivity contribution is 0.474. The highest BCUT2D eigenvalue weighted by atomic mass is 32.2. The molecule has 1 saturated carbocycles. The summed E-state index contributed by atoms with van der Waals surface area (Å²) in [4.78, 5) is 8.40. The van der Waals surface area contributed by atoms with Gasteiger partial charge in [-0.1, -0.05) is 12.8 Å². The summed E-state index contributed by atoms with van der Waals surface area (Å²) in [7, 11) is 1.87. The molecule has 2 unspecified atom stereocenters. The standard InChI is InChI=1S/C12H20N4S/c1-13-11-7-12(15-8-14-11)16-9-5-3-4-6-10(9)17-2/h7-10H,3-6H2,1-2H3,(H2,13,14,15,16). The Bertz CT molecular complexity index is 358. The normalized spacial score (nSPS) is 24.4. The molecular weight excluding hydrogens is 232 g/mol. The van der Waals surface area contributed by atoms with Gasteiger partial charge >= 0.3 is 0 Å². The number of hydrogen-bond acceptors (Lipinski definition) is 5. The van der Waals surface area contributed by atoms with Crippen molar-refractivity contribution in [1.82, 2.24) is 9.97 Å². The summed E-state index contributed by atoms with van der Waals surface area (Å²) in [5.74, 6) is 1.79. The van der Waals surface area contributed by atoms with Gasteiger partial charge in [-0.15, -0.1) is 0 Å². The first kappa shape index (κ1) is 12.5. The molecule has 1 aromatic heterocycles. The van der Waals surface area contributed by atoms with Crippen molar-refractivity contribution in [2.45, 2.75) is 37.0 Å². The minimum Gasteiger partial charge on any atom is -0.373 e. The molecule has 1 heterocycles. The molecule has 0 saturated heterocycles. The van der Waals surface area contributed by atoms with Crippen LogP contribution in [0.1, 0.15) is 25.7 Å². The second kappa shape index (κ2) is 6.10. The molecule has 17 heavy (non-hydrogen) atoms. The van der Waals surface area contributed by atoms with Crippen molar-refractivity contribution in [1.29, 1.82) is 0 Å². The molecule has 5 heteroatoms. The molecule has 4 nitrogen and oxygen atoms in total. The summed E-state index contributed by atoms with van der Waals surface area (Å²) in [6.07, 6.45) is 9.02. The Labute approximate surface area is 107 Å². The van der Waals surface area contributed by atoms with Gasteiger partial charge in [0.25, 0.3) is 0 Å². The van der Waals surface area contributed by atoms with E-state index in [1.807, 2.05) is 24.9 Å². The van der Waals surface area contributed by atoms with Gasteiger partial charge in [0.1, 0.15) is 18.0 Å². The summed E-state index contributed by atoms with van der Waals surface area (Å²) >= 11 is 1.96. The van der Waals surface area contributed by atoms with Crippen molar-refractivity contribution in [3.05, 3.63) is 12.4 Å². The fourth-order valence-electron chi connectivity index (χ4n) is 2.31. The predicted octanol–water partition coefficient (Wildman–Crippen LogP) is 2.60. The van der Waals surface area contributed by atoms with Crippen LogP contribution >= 0.6 is 11.8 Å². The van der Waals surface area contributed by atoms with Crippen LogP contribution < -0.4 is 10.6 Å². The molecule has 0 spiro atoms. The van der Waals surface area contributed by atoms with E-state index in [0.29, 0.717) is 11.3 Å². The van der Waals surface area contributed by atoms with Crippen molar-refractivity contribution < 1.29 is 0 Å². The highest BCUT2D eigenvalue weighted by Gasteiger charge is 2.24. The second-order valence-electron chi connectivity index (χ2n) is 4.35. The van der Waals surface area contributed by atoms with E-state index in [1.165, 1.54) is 25.7 Å². The summed E-state index contributed by atoms with van der Waals surface area (Å²) < 4.78 is 0. The lowest BCUT2D eigenvalue weighted by Gasteiger charge is -2.31. The van der Waals surface area contributed by atoms with E-state index in [4.69, 9.17) is 0 Å². The summed E-state index contributed by atoms with van der Waals surface area (Å²) in [6, 6.07) is 2.50. The first-order valence-electron chi connectivity index (χ1n) is 6.12. The van der Waals surface area contributed by atoms with Crippen LogP contribution in [0.15, 0.2) is 12.4 Å². The van der Waals surface area contributed by atoms with Crippen LogP contribution in [-0.2, 0) is 0 Å². The number of nitrogens with zero attached hydrogens (tertiary/aromatic N) is 2. The Morgan fingerprint density at radius 1 is 1.24 bits per heavy atom. The Balaban J connectivity index is 2.02. The number of anilines is 2. The molecular formula is C12H20N4S. The van der Waals surface area contributed by atoms with Gasteiger partial charge in [-0.05, 0) is 19.1 Å². The maximum atomic E-state index is 4.28. The maximum Gasteiger partial charge on any atom is 0.131 e. The molecule has 0 radical (unpaired) electrons. The van der Waals surface area contributed by atoms with E-state index in [9.17, 15) is 0 Å². The van der Waals surface area contributed by atoms with Crippen molar-refractivity contribution in [3.8, 4) is 0 Å². The van der Waals surface area contributed by atoms with E-state index in [2.05, 4.69) is 26.9 Å². The predicted molar refractivity (Wildman–Crippen MR) is 74.8 cm³/mol. The van der Waals surface area contributed by atoms with Gasteiger partial charge in [0.05, 0.1) is 0 Å². The number of aromatic nitrogens is 2. The monoisotopic (exact) mass is 252 g/mol. The van der Waals surface area contributed by atoms with Gasteiger partial charge in [0.2, 0.25) is 0 Å². The summed E-state index contributed by atoms with van der Waals surface area (Å²) in [5, 5.41) is 7.28. The number of hydrogen-bond donors (Lipinski definition) is 2. The van der Waals surface area contributed by atoms with Crippen molar-refractivity contribution in [2.24, 2.45) is 0 Å². The molecule has 0 aromatic carbocycles. The third-order valence-electron chi connectivity index (χ3n) is 3.26. The molecule has 0 amide bonds. The number of thioether (sulfide) groups is 1. The zero-order valence-electron chi connectivity index (χ0n) is 10.4. The highest BCUT2D eigenvalue weighted by Crippen LogP contribution is 2.29. The van der Waals surface area contributed by atoms with E-state index in [-0.39, 0.29) is 0 Å². The summed E-state index contributed by atoms with van der Waals surface area (Å²) in [5.41, 5.74) is 0. The van der Waals surface area contributed by atoms with Gasteiger partial charge in [-0.25, -0.2) is 9.97 Å². The molecule has 1 aromatic rings. The van der Waals surface area contributed by atoms with Gasteiger partial charge < -0.3 is 10.6 Å². The third kappa shape index (κ3) is 3.25. The van der Waals surface area contributed by atoms with Crippen LogP contribution in [0.5, 0.6) is 0 Å². The van der Waals surface area contributed by atoms with Gasteiger partial charge in [0, 0.05) is 24.4 Å². The lowest BCUT2D eigenvalue weighted by Crippen LogP contribution is -2.34. The van der Waals surface area contributed by atoms with E-state index >= 15 is 0 Å². The minimum absolute atomic E-state index is 0.540. The van der Waals surface area contributed by atoms with Crippen LogP contribution in [0.2, 0.25) is 0 Å². The quantitative estimate of drug-likeness (QED) is 0.862. The van der Waals surface area contributed by atoms with E-state index in [1.54, 1.807) is 6.33 Å². The Hall–Kier alpha value is -0.970. The zero-order valence-corrected chi connectivity index (χ0v) is 11.3. The largest absolute Gasteiger partial charge is 0.373 e. The molecule has 0 bridgehead atoms. The molecule has 94 valence electrons. The zero-order chi connectivity index (χ0) is 12.1. The molecule has 2 N–H and O–H groups in total. The van der Waals surface area contributed by atoms with Crippen LogP contribution in [0.25, 0.3) is 0 Å². The van der Waals surface area contributed by atoms with Crippen molar-refractivity contribution >= 4 is 23.4 Å². The number of nitrogens with one attached hydrogen (secondary N) is 2. The molecule has 1 aliphatic rings. The van der Waals surface area contributed by atoms with Crippen LogP contribution in [0, 0.1) is 0 Å². The average Bonchev–Trinajstić information content (AvgIpc) is 2.39. The second-order valence-corrected chi connectivity index (χ2v) is 5.42. The Kier molecular flexibility index (Phi) is 4.48. The third-order valence-corrected chi connectivity index (χ3v) is 4.43. The molecule has 2 atom stereocenters. The molecule has 0 aliphatic heterocycles. The highest BCUT2D eigenvalue weighted by molar-refractivity contribution is 7.99. The van der Waals surface area contributed by atoms with Crippen LogP contribution in [0.3, 0.4) is 0 Å². The van der Waals surface area contributed by atoms with Crippen LogP contribution in [0.4, 0.5) is 11.6 Å². The van der Waals surface area contributed by atoms with Gasteiger partial charge in [-0.3, -0.25) is 0 Å². The molecule has 1 fully saturated rings. The SMILES string of the molecule is CNc1cc(NC2CCCCC2SC)ncn1. The average molecular weight is 252 g/mol. The maximum absolute atomic E-state index is 4.28. The first-order valence-corrected chi connectivity index (χ1v) is 7.41. The topological polar surface area (TPSA) is 49.8 Å². The Morgan fingerprint density at radius 3 is 2.76 bits per heavy atom. The fraction of sp³-hybridized carbons (Fsp3) is 0.667. The smallest absolute Gasteiger partial charge is 0.131 e. The first-order chi connectivity index (χ1) is 8.33. The molecule has 1 aliphatic carbocycles.